The Balaban J connectivity index is 0.00000552. The van der Waals surface area contributed by atoms with E-state index in [1.807, 2.05) is 0 Å². The third kappa shape index (κ3) is 9.35. The fourth-order valence-electron chi connectivity index (χ4n) is 3.79. The first kappa shape index (κ1) is 36.2. The van der Waals surface area contributed by atoms with Gasteiger partial charge in [-0.15, -0.1) is 0 Å². The average Bonchev–Trinajstić information content (AvgIpc) is 2.96. The number of hydrogen-bond donors (Lipinski definition) is 2. The third-order valence-corrected chi connectivity index (χ3v) is 9.99. The summed E-state index contributed by atoms with van der Waals surface area (Å²) in [6, 6.07) is 21.4. The molecule has 45 heavy (non-hydrogen) atoms. The molecule has 4 aromatic rings. The Labute approximate surface area is 282 Å². The van der Waals surface area contributed by atoms with Crippen molar-refractivity contribution >= 4 is 82.2 Å². The van der Waals surface area contributed by atoms with E-state index in [1.165, 1.54) is 12.2 Å². The van der Waals surface area contributed by atoms with Crippen LogP contribution >= 0.6 is 0 Å². The average molecular weight is 703 g/mol. The van der Waals surface area contributed by atoms with E-state index in [1.54, 1.807) is 60.7 Å². The van der Waals surface area contributed by atoms with Gasteiger partial charge in [0.05, 0.1) is 0 Å². The molecule has 0 aliphatic carbocycles. The van der Waals surface area contributed by atoms with Crippen molar-refractivity contribution in [3.8, 4) is 11.1 Å². The van der Waals surface area contributed by atoms with Crippen molar-refractivity contribution in [1.29, 1.82) is 0 Å². The normalized spacial score (nSPS) is 12.6. The van der Waals surface area contributed by atoms with E-state index in [0.29, 0.717) is 23.3 Å². The van der Waals surface area contributed by atoms with Crippen molar-refractivity contribution in [2.24, 2.45) is 0 Å². The Kier molecular flexibility index (Phi) is 11.6. The van der Waals surface area contributed by atoms with Crippen molar-refractivity contribution in [1.82, 2.24) is 0 Å². The van der Waals surface area contributed by atoms with Crippen LogP contribution in [0.5, 0.6) is 0 Å². The van der Waals surface area contributed by atoms with Gasteiger partial charge in [0.25, 0.3) is 20.2 Å². The van der Waals surface area contributed by atoms with Crippen molar-refractivity contribution in [3.05, 3.63) is 121 Å². The molecule has 4 rings (SSSR count). The molecule has 0 aliphatic rings. The van der Waals surface area contributed by atoms with Crippen LogP contribution in [0.4, 0.5) is 0 Å². The van der Waals surface area contributed by atoms with E-state index >= 15 is 0 Å². The van der Waals surface area contributed by atoms with Crippen LogP contribution in [0.2, 0.25) is 0 Å². The molecule has 232 valence electrons. The van der Waals surface area contributed by atoms with Crippen molar-refractivity contribution in [2.45, 2.75) is 19.6 Å². The van der Waals surface area contributed by atoms with E-state index in [-0.39, 0.29) is 29.6 Å². The molecular weight excluding hydrogens is 680 g/mol. The van der Waals surface area contributed by atoms with Crippen LogP contribution in [0.1, 0.15) is 11.1 Å². The zero-order valence-corrected chi connectivity index (χ0v) is 25.4. The molecule has 0 saturated carbocycles. The van der Waals surface area contributed by atoms with Crippen LogP contribution in [0.3, 0.4) is 0 Å². The molecule has 0 heterocycles. The molecule has 12 nitrogen and oxygen atoms in total. The Bertz CT molecular complexity index is 2020. The van der Waals surface area contributed by atoms with Crippen molar-refractivity contribution in [3.63, 3.8) is 0 Å². The van der Waals surface area contributed by atoms with Gasteiger partial charge in [0, 0.05) is 11.1 Å². The molecule has 0 fully saturated rings. The quantitative estimate of drug-likeness (QED) is 0.0990. The summed E-state index contributed by atoms with van der Waals surface area (Å²) >= 11 is 0. The summed E-state index contributed by atoms with van der Waals surface area (Å²) in [4.78, 5) is -3.59. The van der Waals surface area contributed by atoms with Crippen LogP contribution in [0.25, 0.3) is 23.3 Å². The van der Waals surface area contributed by atoms with E-state index in [9.17, 15) is 42.8 Å². The molecule has 4 aromatic carbocycles. The van der Waals surface area contributed by atoms with Gasteiger partial charge in [-0.25, -0.2) is 0 Å². The Morgan fingerprint density at radius 3 is 1.13 bits per heavy atom. The second-order valence-electron chi connectivity index (χ2n) is 8.79. The fourth-order valence-corrected chi connectivity index (χ4v) is 7.02. The molecule has 0 amide bonds. The van der Waals surface area contributed by atoms with Gasteiger partial charge in [0.1, 0.15) is 32.1 Å². The first-order valence-corrected chi connectivity index (χ1v) is 17.8. The summed E-state index contributed by atoms with van der Waals surface area (Å²) in [7, 11) is -19.7. The molecule has 0 bridgehead atoms. The summed E-state index contributed by atoms with van der Waals surface area (Å²) in [6.07, 6.45) is 4.34. The van der Waals surface area contributed by atoms with Gasteiger partial charge in [-0.2, -0.15) is 33.7 Å². The zero-order chi connectivity index (χ0) is 32.2. The Morgan fingerprint density at radius 2 is 0.822 bits per heavy atom. The van der Waals surface area contributed by atoms with Gasteiger partial charge in [0.2, 0.25) is 0 Å². The first-order chi connectivity index (χ1) is 20.6. The topological polar surface area (TPSA) is 195 Å². The fraction of sp³-hybridized carbons (Fsp3) is 0. The minimum atomic E-state index is -5.23. The SMILES string of the molecule is O=S(=O)(O)c1cc(S(=O)(=O)OC=Cc2ccccc2)ccc1-c1ccc(S(=O)(=O)OC=Cc2ccccc2)cc1S(=O)(=O)O.[NaH]. The molecule has 0 atom stereocenters. The third-order valence-electron chi connectivity index (χ3n) is 5.81. The van der Waals surface area contributed by atoms with E-state index in [0.717, 1.165) is 36.8 Å². The molecule has 0 spiro atoms. The van der Waals surface area contributed by atoms with Crippen LogP contribution in [-0.4, -0.2) is 72.3 Å². The maximum absolute atomic E-state index is 12.7. The molecule has 0 aliphatic heterocycles. The van der Waals surface area contributed by atoms with Gasteiger partial charge >= 0.3 is 49.8 Å². The van der Waals surface area contributed by atoms with Gasteiger partial charge in [-0.05, 0) is 47.5 Å². The van der Waals surface area contributed by atoms with Crippen LogP contribution in [-0.2, 0) is 48.8 Å². The Hall–Kier alpha value is -3.32. The number of rotatable bonds is 11. The monoisotopic (exact) mass is 702 g/mol. The van der Waals surface area contributed by atoms with Gasteiger partial charge in [-0.3, -0.25) is 9.11 Å². The summed E-state index contributed by atoms with van der Waals surface area (Å²) in [6.45, 7) is 0. The molecule has 17 heteroatoms. The number of benzene rings is 4. The summed E-state index contributed by atoms with van der Waals surface area (Å²) in [5.74, 6) is 0. The molecule has 2 N–H and O–H groups in total. The van der Waals surface area contributed by atoms with Crippen molar-refractivity contribution < 1.29 is 51.1 Å². The predicted molar refractivity (Wildman–Crippen MR) is 166 cm³/mol. The molecular formula is C28H23NaO12S4. The van der Waals surface area contributed by atoms with Crippen molar-refractivity contribution in [2.75, 3.05) is 0 Å². The standard InChI is InChI=1S/C28H22O12S4.Na.H/c29-41(30,31)27-19-23(43(35,36)39-17-15-21-7-3-1-4-8-21)11-13-25(27)26-14-12-24(20-28(26)42(32,33)34)44(37,38)40-18-16-22-9-5-2-6-10-22;;/h1-20H,(H,29,30,31)(H,32,33,34);;. The van der Waals surface area contributed by atoms with Gasteiger partial charge < -0.3 is 8.37 Å². The van der Waals surface area contributed by atoms with E-state index < -0.39 is 71.2 Å². The van der Waals surface area contributed by atoms with E-state index in [4.69, 9.17) is 8.37 Å². The zero-order valence-electron chi connectivity index (χ0n) is 22.2. The summed E-state index contributed by atoms with van der Waals surface area (Å²) < 4.78 is 130. The second-order valence-corrected chi connectivity index (χ2v) is 14.7. The molecule has 0 radical (unpaired) electrons. The van der Waals surface area contributed by atoms with Gasteiger partial charge in [-0.1, -0.05) is 72.8 Å². The van der Waals surface area contributed by atoms with E-state index in [2.05, 4.69) is 0 Å². The van der Waals surface area contributed by atoms with Crippen LogP contribution < -0.4 is 0 Å². The molecule has 0 aromatic heterocycles. The minimum absolute atomic E-state index is 0. The summed E-state index contributed by atoms with van der Waals surface area (Å²) in [5.41, 5.74) is 0.0375. The Morgan fingerprint density at radius 1 is 0.489 bits per heavy atom. The first-order valence-electron chi connectivity index (χ1n) is 12.1. The van der Waals surface area contributed by atoms with Gasteiger partial charge in [0.15, 0.2) is 0 Å². The summed E-state index contributed by atoms with van der Waals surface area (Å²) in [5, 5.41) is 0. The maximum atomic E-state index is 12.7. The predicted octanol–water partition coefficient (Wildman–Crippen LogP) is 3.95. The van der Waals surface area contributed by atoms with Crippen LogP contribution in [0.15, 0.2) is 129 Å². The molecule has 0 unspecified atom stereocenters. The molecule has 0 saturated heterocycles. The number of hydrogen-bond acceptors (Lipinski definition) is 10. The second kappa shape index (κ2) is 14.4. The van der Waals surface area contributed by atoms with Crippen LogP contribution in [0, 0.1) is 0 Å².